The summed E-state index contributed by atoms with van der Waals surface area (Å²) in [4.78, 5) is 12.1. The molecule has 2 rings (SSSR count). The lowest BCUT2D eigenvalue weighted by Crippen LogP contribution is -1.95. The van der Waals surface area contributed by atoms with Gasteiger partial charge >= 0.3 is 0 Å². The second kappa shape index (κ2) is 6.67. The van der Waals surface area contributed by atoms with Crippen LogP contribution in [-0.4, -0.2) is 30.2 Å². The number of carbonyl (C=O) groups is 1. The van der Waals surface area contributed by atoms with Gasteiger partial charge < -0.3 is 19.7 Å². The van der Waals surface area contributed by atoms with Crippen molar-refractivity contribution in [3.05, 3.63) is 53.6 Å². The van der Waals surface area contributed by atoms with Crippen molar-refractivity contribution in [2.45, 2.75) is 0 Å². The largest absolute Gasteiger partial charge is 0.507 e. The van der Waals surface area contributed by atoms with Crippen molar-refractivity contribution >= 4 is 11.9 Å². The van der Waals surface area contributed by atoms with Crippen LogP contribution >= 0.6 is 0 Å². The molecule has 0 heterocycles. The van der Waals surface area contributed by atoms with Crippen LogP contribution in [0.2, 0.25) is 0 Å². The Morgan fingerprint density at radius 1 is 1.00 bits per heavy atom. The maximum Gasteiger partial charge on any atom is 0.193 e. The molecule has 0 unspecified atom stereocenters. The van der Waals surface area contributed by atoms with E-state index in [1.807, 2.05) is 0 Å². The summed E-state index contributed by atoms with van der Waals surface area (Å²) in [6.45, 7) is 0. The molecule has 0 aliphatic heterocycles. The lowest BCUT2D eigenvalue weighted by atomic mass is 10.1. The highest BCUT2D eigenvalue weighted by molar-refractivity contribution is 6.10. The summed E-state index contributed by atoms with van der Waals surface area (Å²) in [5.41, 5.74) is 0.597. The maximum atomic E-state index is 12.1. The average Bonchev–Trinajstić information content (AvgIpc) is 2.52. The topological polar surface area (TPSA) is 76.0 Å². The van der Waals surface area contributed by atoms with E-state index in [1.165, 1.54) is 38.5 Å². The standard InChI is InChI=1S/C17H16O5/c1-21-15-9-7-11(10-16(15)22-2)6-8-14(20)17-12(18)4-3-5-13(17)19/h3-10,18-19H,1-2H3/b8-6+. The Morgan fingerprint density at radius 2 is 1.64 bits per heavy atom. The van der Waals surface area contributed by atoms with E-state index < -0.39 is 5.78 Å². The lowest BCUT2D eigenvalue weighted by Gasteiger charge is -2.07. The second-order valence-corrected chi connectivity index (χ2v) is 4.48. The summed E-state index contributed by atoms with van der Waals surface area (Å²) in [6.07, 6.45) is 2.84. The molecule has 0 aromatic heterocycles. The Labute approximate surface area is 128 Å². The van der Waals surface area contributed by atoms with E-state index in [0.717, 1.165) is 5.56 Å². The van der Waals surface area contributed by atoms with Crippen molar-refractivity contribution < 1.29 is 24.5 Å². The van der Waals surface area contributed by atoms with Gasteiger partial charge in [-0.05, 0) is 35.9 Å². The van der Waals surface area contributed by atoms with Crippen LogP contribution in [0.15, 0.2) is 42.5 Å². The number of ether oxygens (including phenoxy) is 2. The highest BCUT2D eigenvalue weighted by Crippen LogP contribution is 2.29. The Kier molecular flexibility index (Phi) is 4.68. The molecule has 0 aliphatic rings. The zero-order valence-electron chi connectivity index (χ0n) is 12.2. The molecule has 2 aromatic rings. The van der Waals surface area contributed by atoms with Crippen molar-refractivity contribution in [2.24, 2.45) is 0 Å². The Morgan fingerprint density at radius 3 is 2.23 bits per heavy atom. The molecule has 2 N–H and O–H groups in total. The molecular formula is C17H16O5. The first kappa shape index (κ1) is 15.4. The van der Waals surface area contributed by atoms with Gasteiger partial charge in [0, 0.05) is 0 Å². The smallest absolute Gasteiger partial charge is 0.193 e. The quantitative estimate of drug-likeness (QED) is 0.655. The third-order valence-electron chi connectivity index (χ3n) is 3.10. The number of carbonyl (C=O) groups excluding carboxylic acids is 1. The van der Waals surface area contributed by atoms with E-state index in [4.69, 9.17) is 9.47 Å². The molecule has 22 heavy (non-hydrogen) atoms. The van der Waals surface area contributed by atoms with E-state index in [1.54, 1.807) is 24.3 Å². The van der Waals surface area contributed by atoms with Crippen LogP contribution in [0.4, 0.5) is 0 Å². The highest BCUT2D eigenvalue weighted by Gasteiger charge is 2.13. The molecule has 0 radical (unpaired) electrons. The average molecular weight is 300 g/mol. The first-order valence-electron chi connectivity index (χ1n) is 6.52. The van der Waals surface area contributed by atoms with E-state index in [-0.39, 0.29) is 17.1 Å². The number of phenols is 2. The minimum atomic E-state index is -0.495. The van der Waals surface area contributed by atoms with Gasteiger partial charge in [-0.2, -0.15) is 0 Å². The van der Waals surface area contributed by atoms with Gasteiger partial charge in [-0.1, -0.05) is 18.2 Å². The third-order valence-corrected chi connectivity index (χ3v) is 3.10. The summed E-state index contributed by atoms with van der Waals surface area (Å²) in [5.74, 6) is 0.112. The van der Waals surface area contributed by atoms with Crippen molar-refractivity contribution in [2.75, 3.05) is 14.2 Å². The van der Waals surface area contributed by atoms with Crippen molar-refractivity contribution in [3.8, 4) is 23.0 Å². The van der Waals surface area contributed by atoms with Gasteiger partial charge in [0.25, 0.3) is 0 Å². The van der Waals surface area contributed by atoms with Gasteiger partial charge in [0.1, 0.15) is 17.1 Å². The van der Waals surface area contributed by atoms with Crippen LogP contribution < -0.4 is 9.47 Å². The normalized spacial score (nSPS) is 10.6. The van der Waals surface area contributed by atoms with Gasteiger partial charge in [0.05, 0.1) is 14.2 Å². The van der Waals surface area contributed by atoms with Crippen molar-refractivity contribution in [1.29, 1.82) is 0 Å². The Balaban J connectivity index is 2.27. The number of phenolic OH excluding ortho intramolecular Hbond substituents is 2. The van der Waals surface area contributed by atoms with Crippen LogP contribution in [0.3, 0.4) is 0 Å². The molecule has 0 fully saturated rings. The van der Waals surface area contributed by atoms with Crippen LogP contribution in [0.5, 0.6) is 23.0 Å². The lowest BCUT2D eigenvalue weighted by molar-refractivity contribution is 0.104. The fourth-order valence-corrected chi connectivity index (χ4v) is 1.99. The number of ketones is 1. The number of rotatable bonds is 5. The molecule has 0 amide bonds. The number of methoxy groups -OCH3 is 2. The van der Waals surface area contributed by atoms with Crippen LogP contribution in [0, 0.1) is 0 Å². The molecule has 0 saturated heterocycles. The molecule has 5 nitrogen and oxygen atoms in total. The second-order valence-electron chi connectivity index (χ2n) is 4.48. The number of allylic oxidation sites excluding steroid dienone is 1. The number of benzene rings is 2. The molecule has 2 aromatic carbocycles. The Hall–Kier alpha value is -2.95. The van der Waals surface area contributed by atoms with Gasteiger partial charge in [-0.3, -0.25) is 4.79 Å². The maximum absolute atomic E-state index is 12.1. The summed E-state index contributed by atoms with van der Waals surface area (Å²) in [5, 5.41) is 19.3. The summed E-state index contributed by atoms with van der Waals surface area (Å²) in [6, 6.07) is 9.34. The highest BCUT2D eigenvalue weighted by atomic mass is 16.5. The molecule has 0 atom stereocenters. The van der Waals surface area contributed by atoms with Crippen LogP contribution in [0.1, 0.15) is 15.9 Å². The van der Waals surface area contributed by atoms with E-state index in [2.05, 4.69) is 0 Å². The zero-order valence-corrected chi connectivity index (χ0v) is 12.2. The SMILES string of the molecule is COc1ccc(/C=C/C(=O)c2c(O)cccc2O)cc1OC. The van der Waals surface area contributed by atoms with Crippen molar-refractivity contribution in [3.63, 3.8) is 0 Å². The summed E-state index contributed by atoms with van der Waals surface area (Å²) < 4.78 is 10.3. The minimum absolute atomic E-state index is 0.126. The van der Waals surface area contributed by atoms with E-state index in [0.29, 0.717) is 11.5 Å². The van der Waals surface area contributed by atoms with E-state index in [9.17, 15) is 15.0 Å². The third kappa shape index (κ3) is 3.20. The molecular weight excluding hydrogens is 284 g/mol. The molecule has 0 spiro atoms. The van der Waals surface area contributed by atoms with Crippen LogP contribution in [0.25, 0.3) is 6.08 Å². The predicted octanol–water partition coefficient (Wildman–Crippen LogP) is 3.01. The first-order valence-corrected chi connectivity index (χ1v) is 6.52. The monoisotopic (exact) mass is 300 g/mol. The molecule has 114 valence electrons. The van der Waals surface area contributed by atoms with E-state index >= 15 is 0 Å². The minimum Gasteiger partial charge on any atom is -0.507 e. The number of aromatic hydroxyl groups is 2. The fourth-order valence-electron chi connectivity index (χ4n) is 1.99. The van der Waals surface area contributed by atoms with Gasteiger partial charge in [0.15, 0.2) is 17.3 Å². The first-order chi connectivity index (χ1) is 10.6. The Bertz CT molecular complexity index is 699. The number of hydrogen-bond donors (Lipinski definition) is 2. The molecule has 0 aliphatic carbocycles. The summed E-state index contributed by atoms with van der Waals surface area (Å²) >= 11 is 0. The van der Waals surface area contributed by atoms with Gasteiger partial charge in [-0.25, -0.2) is 0 Å². The van der Waals surface area contributed by atoms with Crippen molar-refractivity contribution in [1.82, 2.24) is 0 Å². The van der Waals surface area contributed by atoms with Gasteiger partial charge in [-0.15, -0.1) is 0 Å². The summed E-state index contributed by atoms with van der Waals surface area (Å²) in [7, 11) is 3.06. The zero-order chi connectivity index (χ0) is 16.1. The van der Waals surface area contributed by atoms with Crippen LogP contribution in [-0.2, 0) is 0 Å². The van der Waals surface area contributed by atoms with Gasteiger partial charge in [0.2, 0.25) is 0 Å². The molecule has 0 saturated carbocycles. The number of hydrogen-bond acceptors (Lipinski definition) is 5. The predicted molar refractivity (Wildman–Crippen MR) is 82.7 cm³/mol. The molecule has 5 heteroatoms. The molecule has 0 bridgehead atoms. The fraction of sp³-hybridized carbons (Fsp3) is 0.118.